The fraction of sp³-hybridized carbons (Fsp3) is 0.267. The SMILES string of the molecule is Cc1ccc(CCc2c[nH]c(C(=O)O)c2C)cc1. The quantitative estimate of drug-likeness (QED) is 0.866. The zero-order valence-electron chi connectivity index (χ0n) is 10.7. The number of hydrogen-bond acceptors (Lipinski definition) is 1. The standard InChI is InChI=1S/C15H17NO2/c1-10-3-5-12(6-4-10)7-8-13-9-16-14(11(13)2)15(17)18/h3-6,9,16H,7-8H2,1-2H3,(H,17,18). The summed E-state index contributed by atoms with van der Waals surface area (Å²) >= 11 is 0. The van der Waals surface area contributed by atoms with Gasteiger partial charge < -0.3 is 10.1 Å². The molecule has 2 N–H and O–H groups in total. The Morgan fingerprint density at radius 3 is 2.39 bits per heavy atom. The molecule has 0 spiro atoms. The summed E-state index contributed by atoms with van der Waals surface area (Å²) in [6.45, 7) is 3.92. The fourth-order valence-electron chi connectivity index (χ4n) is 2.05. The van der Waals surface area contributed by atoms with Crippen LogP contribution in [0.5, 0.6) is 0 Å². The summed E-state index contributed by atoms with van der Waals surface area (Å²) in [5, 5.41) is 8.96. The number of carbonyl (C=O) groups is 1. The van der Waals surface area contributed by atoms with E-state index in [2.05, 4.69) is 36.2 Å². The van der Waals surface area contributed by atoms with E-state index >= 15 is 0 Å². The van der Waals surface area contributed by atoms with Crippen molar-refractivity contribution < 1.29 is 9.90 Å². The molecule has 0 saturated heterocycles. The molecule has 0 bridgehead atoms. The van der Waals surface area contributed by atoms with E-state index in [1.807, 2.05) is 6.92 Å². The molecule has 1 heterocycles. The van der Waals surface area contributed by atoms with Gasteiger partial charge in [0.1, 0.15) is 5.69 Å². The van der Waals surface area contributed by atoms with Crippen LogP contribution in [0.2, 0.25) is 0 Å². The van der Waals surface area contributed by atoms with Gasteiger partial charge in [0, 0.05) is 6.20 Å². The molecule has 0 atom stereocenters. The third-order valence-corrected chi connectivity index (χ3v) is 3.26. The second-order valence-corrected chi connectivity index (χ2v) is 4.60. The zero-order valence-corrected chi connectivity index (χ0v) is 10.7. The Labute approximate surface area is 106 Å². The number of nitrogens with one attached hydrogen (secondary N) is 1. The molecule has 3 heteroatoms. The molecular formula is C15H17NO2. The third-order valence-electron chi connectivity index (χ3n) is 3.26. The molecular weight excluding hydrogens is 226 g/mol. The maximum atomic E-state index is 10.9. The van der Waals surface area contributed by atoms with Crippen LogP contribution in [0.1, 0.15) is 32.7 Å². The molecule has 0 aliphatic carbocycles. The van der Waals surface area contributed by atoms with E-state index in [9.17, 15) is 4.79 Å². The summed E-state index contributed by atoms with van der Waals surface area (Å²) in [6.07, 6.45) is 3.59. The summed E-state index contributed by atoms with van der Waals surface area (Å²) in [5.74, 6) is -0.894. The largest absolute Gasteiger partial charge is 0.477 e. The maximum Gasteiger partial charge on any atom is 0.352 e. The second kappa shape index (κ2) is 5.08. The molecule has 2 rings (SSSR count). The first-order chi connectivity index (χ1) is 8.58. The van der Waals surface area contributed by atoms with Crippen molar-refractivity contribution in [1.29, 1.82) is 0 Å². The molecule has 0 radical (unpaired) electrons. The highest BCUT2D eigenvalue weighted by Crippen LogP contribution is 2.16. The average molecular weight is 243 g/mol. The summed E-state index contributed by atoms with van der Waals surface area (Å²) in [4.78, 5) is 13.7. The summed E-state index contributed by atoms with van der Waals surface area (Å²) in [7, 11) is 0. The Morgan fingerprint density at radius 1 is 1.17 bits per heavy atom. The van der Waals surface area contributed by atoms with Crippen molar-refractivity contribution in [3.8, 4) is 0 Å². The first-order valence-corrected chi connectivity index (χ1v) is 6.03. The van der Waals surface area contributed by atoms with E-state index < -0.39 is 5.97 Å². The van der Waals surface area contributed by atoms with Gasteiger partial charge in [-0.3, -0.25) is 0 Å². The van der Waals surface area contributed by atoms with Gasteiger partial charge in [-0.25, -0.2) is 4.79 Å². The van der Waals surface area contributed by atoms with Gasteiger partial charge >= 0.3 is 5.97 Å². The highest BCUT2D eigenvalue weighted by Gasteiger charge is 2.12. The Balaban J connectivity index is 2.06. The second-order valence-electron chi connectivity index (χ2n) is 4.60. The van der Waals surface area contributed by atoms with Gasteiger partial charge in [-0.1, -0.05) is 29.8 Å². The van der Waals surface area contributed by atoms with Gasteiger partial charge in [0.25, 0.3) is 0 Å². The van der Waals surface area contributed by atoms with Crippen LogP contribution in [0.25, 0.3) is 0 Å². The van der Waals surface area contributed by atoms with Crippen LogP contribution in [0.4, 0.5) is 0 Å². The molecule has 0 unspecified atom stereocenters. The van der Waals surface area contributed by atoms with Crippen molar-refractivity contribution in [2.45, 2.75) is 26.7 Å². The Bertz CT molecular complexity index is 552. The van der Waals surface area contributed by atoms with E-state index in [4.69, 9.17) is 5.11 Å². The van der Waals surface area contributed by atoms with Gasteiger partial charge in [0.2, 0.25) is 0 Å². The van der Waals surface area contributed by atoms with Crippen LogP contribution < -0.4 is 0 Å². The van der Waals surface area contributed by atoms with Crippen molar-refractivity contribution >= 4 is 5.97 Å². The molecule has 0 saturated carbocycles. The van der Waals surface area contributed by atoms with Crippen LogP contribution in [0.15, 0.2) is 30.5 Å². The van der Waals surface area contributed by atoms with Gasteiger partial charge in [-0.2, -0.15) is 0 Å². The van der Waals surface area contributed by atoms with Crippen molar-refractivity contribution in [1.82, 2.24) is 4.98 Å². The highest BCUT2D eigenvalue weighted by molar-refractivity contribution is 5.87. The minimum Gasteiger partial charge on any atom is -0.477 e. The number of carboxylic acids is 1. The molecule has 0 amide bonds. The van der Waals surface area contributed by atoms with Gasteiger partial charge in [-0.05, 0) is 43.4 Å². The number of H-pyrrole nitrogens is 1. The number of carboxylic acid groups (broad SMARTS) is 1. The number of aromatic nitrogens is 1. The number of benzene rings is 1. The lowest BCUT2D eigenvalue weighted by Gasteiger charge is -2.02. The van der Waals surface area contributed by atoms with Crippen molar-refractivity contribution in [2.24, 2.45) is 0 Å². The molecule has 94 valence electrons. The molecule has 18 heavy (non-hydrogen) atoms. The smallest absolute Gasteiger partial charge is 0.352 e. The molecule has 1 aromatic heterocycles. The molecule has 2 aromatic rings. The van der Waals surface area contributed by atoms with Crippen LogP contribution in [0, 0.1) is 13.8 Å². The third kappa shape index (κ3) is 2.62. The van der Waals surface area contributed by atoms with Gasteiger partial charge in [0.15, 0.2) is 0 Å². The van der Waals surface area contributed by atoms with E-state index in [0.29, 0.717) is 5.69 Å². The summed E-state index contributed by atoms with van der Waals surface area (Å²) < 4.78 is 0. The van der Waals surface area contributed by atoms with Crippen LogP contribution >= 0.6 is 0 Å². The molecule has 0 fully saturated rings. The number of rotatable bonds is 4. The molecule has 1 aromatic carbocycles. The first kappa shape index (κ1) is 12.4. The normalized spacial score (nSPS) is 10.6. The van der Waals surface area contributed by atoms with Crippen molar-refractivity contribution in [3.63, 3.8) is 0 Å². The van der Waals surface area contributed by atoms with Crippen LogP contribution in [0.3, 0.4) is 0 Å². The number of aryl methyl sites for hydroxylation is 3. The molecule has 3 nitrogen and oxygen atoms in total. The van der Waals surface area contributed by atoms with Crippen LogP contribution in [-0.2, 0) is 12.8 Å². The zero-order chi connectivity index (χ0) is 13.1. The number of aromatic carboxylic acids is 1. The topological polar surface area (TPSA) is 53.1 Å². The van der Waals surface area contributed by atoms with Crippen molar-refractivity contribution in [3.05, 3.63) is 58.4 Å². The monoisotopic (exact) mass is 243 g/mol. The average Bonchev–Trinajstić information content (AvgIpc) is 2.70. The predicted octanol–water partition coefficient (Wildman–Crippen LogP) is 3.11. The molecule has 0 aliphatic rings. The minimum absolute atomic E-state index is 0.300. The lowest BCUT2D eigenvalue weighted by atomic mass is 10.0. The maximum absolute atomic E-state index is 10.9. The van der Waals surface area contributed by atoms with E-state index in [1.54, 1.807) is 6.20 Å². The predicted molar refractivity (Wildman–Crippen MR) is 71.1 cm³/mol. The Morgan fingerprint density at radius 2 is 1.83 bits per heavy atom. The number of hydrogen-bond donors (Lipinski definition) is 2. The Hall–Kier alpha value is -2.03. The van der Waals surface area contributed by atoms with E-state index in [1.165, 1.54) is 11.1 Å². The van der Waals surface area contributed by atoms with Gasteiger partial charge in [-0.15, -0.1) is 0 Å². The summed E-state index contributed by atoms with van der Waals surface area (Å²) in [5.41, 5.74) is 4.75. The highest BCUT2D eigenvalue weighted by atomic mass is 16.4. The Kier molecular flexibility index (Phi) is 3.51. The summed E-state index contributed by atoms with van der Waals surface area (Å²) in [6, 6.07) is 8.44. The van der Waals surface area contributed by atoms with E-state index in [0.717, 1.165) is 24.0 Å². The molecule has 0 aliphatic heterocycles. The van der Waals surface area contributed by atoms with E-state index in [-0.39, 0.29) is 0 Å². The lowest BCUT2D eigenvalue weighted by Crippen LogP contribution is -1.99. The van der Waals surface area contributed by atoms with Crippen molar-refractivity contribution in [2.75, 3.05) is 0 Å². The van der Waals surface area contributed by atoms with Gasteiger partial charge in [0.05, 0.1) is 0 Å². The number of aromatic amines is 1. The minimum atomic E-state index is -0.894. The fourth-order valence-corrected chi connectivity index (χ4v) is 2.05. The lowest BCUT2D eigenvalue weighted by molar-refractivity contribution is 0.0690. The first-order valence-electron chi connectivity index (χ1n) is 6.03. The van der Waals surface area contributed by atoms with Crippen LogP contribution in [-0.4, -0.2) is 16.1 Å².